The normalized spacial score (nSPS) is 10.8. The van der Waals surface area contributed by atoms with Crippen molar-refractivity contribution >= 4 is 22.8 Å². The summed E-state index contributed by atoms with van der Waals surface area (Å²) in [6, 6.07) is 18.1. The zero-order valence-electron chi connectivity index (χ0n) is 18.7. The van der Waals surface area contributed by atoms with Crippen LogP contribution in [0, 0.1) is 0 Å². The first-order valence-electron chi connectivity index (χ1n) is 10.8. The Bertz CT molecular complexity index is 997. The summed E-state index contributed by atoms with van der Waals surface area (Å²) in [5.74, 6) is -0.0349. The second-order valence-corrected chi connectivity index (χ2v) is 8.01. The van der Waals surface area contributed by atoms with Crippen molar-refractivity contribution in [1.29, 1.82) is 0 Å². The second kappa shape index (κ2) is 10.7. The molecule has 0 spiro atoms. The predicted molar refractivity (Wildman–Crippen MR) is 125 cm³/mol. The highest BCUT2D eigenvalue weighted by Gasteiger charge is 2.22. The third kappa shape index (κ3) is 5.87. The van der Waals surface area contributed by atoms with Gasteiger partial charge in [0, 0.05) is 50.8 Å². The lowest BCUT2D eigenvalue weighted by Gasteiger charge is -2.29. The van der Waals surface area contributed by atoms with Crippen molar-refractivity contribution in [2.24, 2.45) is 0 Å². The fourth-order valence-electron chi connectivity index (χ4n) is 3.75. The molecule has 0 saturated carbocycles. The predicted octanol–water partition coefficient (Wildman–Crippen LogP) is 4.13. The third-order valence-electron chi connectivity index (χ3n) is 5.37. The molecule has 0 saturated heterocycles. The SMILES string of the molecule is CCCN(CC(=O)N(CCc1c[nH]c2ccccc12)Cc1ccccc1)C(=O)N(C)C. The van der Waals surface area contributed by atoms with E-state index >= 15 is 0 Å². The van der Waals surface area contributed by atoms with Gasteiger partial charge in [0.1, 0.15) is 6.54 Å². The van der Waals surface area contributed by atoms with E-state index in [1.54, 1.807) is 19.0 Å². The van der Waals surface area contributed by atoms with Gasteiger partial charge in [-0.25, -0.2) is 4.79 Å². The molecule has 0 fully saturated rings. The number of hydrogen-bond acceptors (Lipinski definition) is 2. The number of urea groups is 1. The van der Waals surface area contributed by atoms with Gasteiger partial charge in [-0.3, -0.25) is 4.79 Å². The first-order valence-corrected chi connectivity index (χ1v) is 10.8. The van der Waals surface area contributed by atoms with Crippen LogP contribution < -0.4 is 0 Å². The molecule has 3 aromatic rings. The van der Waals surface area contributed by atoms with Crippen molar-refractivity contribution < 1.29 is 9.59 Å². The Morgan fingerprint density at radius 3 is 2.32 bits per heavy atom. The van der Waals surface area contributed by atoms with E-state index in [-0.39, 0.29) is 18.5 Å². The Labute approximate surface area is 184 Å². The molecule has 0 aliphatic rings. The minimum Gasteiger partial charge on any atom is -0.361 e. The number of aromatic nitrogens is 1. The number of benzene rings is 2. The summed E-state index contributed by atoms with van der Waals surface area (Å²) >= 11 is 0. The summed E-state index contributed by atoms with van der Waals surface area (Å²) in [7, 11) is 3.43. The van der Waals surface area contributed by atoms with Gasteiger partial charge in [-0.15, -0.1) is 0 Å². The first-order chi connectivity index (χ1) is 15.0. The molecule has 3 rings (SSSR count). The van der Waals surface area contributed by atoms with Crippen molar-refractivity contribution in [3.05, 3.63) is 71.9 Å². The quantitative estimate of drug-likeness (QED) is 0.566. The summed E-state index contributed by atoms with van der Waals surface area (Å²) in [5, 5.41) is 1.19. The molecule has 1 heterocycles. The van der Waals surface area contributed by atoms with Crippen molar-refractivity contribution in [3.63, 3.8) is 0 Å². The van der Waals surface area contributed by atoms with Gasteiger partial charge in [0.2, 0.25) is 5.91 Å². The number of carbonyl (C=O) groups excluding carboxylic acids is 2. The molecule has 2 aromatic carbocycles. The second-order valence-electron chi connectivity index (χ2n) is 8.01. The van der Waals surface area contributed by atoms with E-state index < -0.39 is 0 Å². The molecule has 164 valence electrons. The van der Waals surface area contributed by atoms with Gasteiger partial charge < -0.3 is 19.7 Å². The number of carbonyl (C=O) groups is 2. The van der Waals surface area contributed by atoms with Gasteiger partial charge in [-0.2, -0.15) is 0 Å². The molecular formula is C25H32N4O2. The van der Waals surface area contributed by atoms with E-state index in [0.717, 1.165) is 23.9 Å². The zero-order chi connectivity index (χ0) is 22.2. The van der Waals surface area contributed by atoms with Gasteiger partial charge in [-0.05, 0) is 30.0 Å². The Morgan fingerprint density at radius 1 is 0.903 bits per heavy atom. The Balaban J connectivity index is 1.76. The molecule has 31 heavy (non-hydrogen) atoms. The highest BCUT2D eigenvalue weighted by molar-refractivity contribution is 5.85. The maximum atomic E-state index is 13.3. The molecule has 0 atom stereocenters. The maximum Gasteiger partial charge on any atom is 0.319 e. The number of nitrogens with zero attached hydrogens (tertiary/aromatic N) is 3. The average Bonchev–Trinajstić information content (AvgIpc) is 3.19. The van der Waals surface area contributed by atoms with Crippen LogP contribution in [0.3, 0.4) is 0 Å². The lowest BCUT2D eigenvalue weighted by atomic mass is 10.1. The summed E-state index contributed by atoms with van der Waals surface area (Å²) in [6.07, 6.45) is 3.58. The van der Waals surface area contributed by atoms with Crippen molar-refractivity contribution in [1.82, 2.24) is 19.7 Å². The monoisotopic (exact) mass is 420 g/mol. The van der Waals surface area contributed by atoms with Crippen LogP contribution in [0.1, 0.15) is 24.5 Å². The Hall–Kier alpha value is -3.28. The van der Waals surface area contributed by atoms with Gasteiger partial charge in [0.25, 0.3) is 0 Å². The number of fused-ring (bicyclic) bond motifs is 1. The van der Waals surface area contributed by atoms with Crippen LogP contribution >= 0.6 is 0 Å². The molecule has 6 nitrogen and oxygen atoms in total. The molecule has 0 bridgehead atoms. The van der Waals surface area contributed by atoms with E-state index in [1.165, 1.54) is 15.8 Å². The van der Waals surface area contributed by atoms with Crippen LogP contribution in [0.4, 0.5) is 4.79 Å². The van der Waals surface area contributed by atoms with E-state index in [1.807, 2.05) is 60.5 Å². The van der Waals surface area contributed by atoms with E-state index in [0.29, 0.717) is 19.6 Å². The third-order valence-corrected chi connectivity index (χ3v) is 5.37. The van der Waals surface area contributed by atoms with Crippen LogP contribution in [0.15, 0.2) is 60.8 Å². The van der Waals surface area contributed by atoms with Crippen LogP contribution in [0.2, 0.25) is 0 Å². The molecule has 1 aromatic heterocycles. The molecule has 0 unspecified atom stereocenters. The minimum absolute atomic E-state index is 0.0349. The zero-order valence-corrected chi connectivity index (χ0v) is 18.7. The number of rotatable bonds is 9. The topological polar surface area (TPSA) is 59.7 Å². The fourth-order valence-corrected chi connectivity index (χ4v) is 3.75. The van der Waals surface area contributed by atoms with Gasteiger partial charge >= 0.3 is 6.03 Å². The summed E-state index contributed by atoms with van der Waals surface area (Å²) in [6.45, 7) is 3.78. The number of hydrogen-bond donors (Lipinski definition) is 1. The number of aromatic amines is 1. The van der Waals surface area contributed by atoms with E-state index in [9.17, 15) is 9.59 Å². The van der Waals surface area contributed by atoms with Gasteiger partial charge in [-0.1, -0.05) is 55.5 Å². The van der Waals surface area contributed by atoms with Crippen LogP contribution in [-0.2, 0) is 17.8 Å². The van der Waals surface area contributed by atoms with E-state index in [2.05, 4.69) is 17.1 Å². The van der Waals surface area contributed by atoms with E-state index in [4.69, 9.17) is 0 Å². The molecule has 1 N–H and O–H groups in total. The standard InChI is InChI=1S/C25H32N4O2/c1-4-15-29(25(31)27(2)3)19-24(30)28(18-20-10-6-5-7-11-20)16-14-21-17-26-23-13-9-8-12-22(21)23/h5-13,17,26H,4,14-16,18-19H2,1-3H3. The van der Waals surface area contributed by atoms with Crippen molar-refractivity contribution in [2.75, 3.05) is 33.7 Å². The maximum absolute atomic E-state index is 13.3. The number of nitrogens with one attached hydrogen (secondary N) is 1. The van der Waals surface area contributed by atoms with Crippen LogP contribution in [0.5, 0.6) is 0 Å². The number of H-pyrrole nitrogens is 1. The molecule has 0 aliphatic carbocycles. The Kier molecular flexibility index (Phi) is 7.70. The summed E-state index contributed by atoms with van der Waals surface area (Å²) in [4.78, 5) is 34.1. The van der Waals surface area contributed by atoms with Crippen LogP contribution in [0.25, 0.3) is 10.9 Å². The molecule has 3 amide bonds. The fraction of sp³-hybridized carbons (Fsp3) is 0.360. The highest BCUT2D eigenvalue weighted by atomic mass is 16.2. The largest absolute Gasteiger partial charge is 0.361 e. The molecular weight excluding hydrogens is 388 g/mol. The number of amides is 3. The van der Waals surface area contributed by atoms with Gasteiger partial charge in [0.15, 0.2) is 0 Å². The average molecular weight is 421 g/mol. The lowest BCUT2D eigenvalue weighted by Crippen LogP contribution is -2.46. The highest BCUT2D eigenvalue weighted by Crippen LogP contribution is 2.19. The number of para-hydroxylation sites is 1. The first kappa shape index (κ1) is 22.4. The van der Waals surface area contributed by atoms with Crippen molar-refractivity contribution in [2.45, 2.75) is 26.3 Å². The lowest BCUT2D eigenvalue weighted by molar-refractivity contribution is -0.132. The van der Waals surface area contributed by atoms with Crippen molar-refractivity contribution in [3.8, 4) is 0 Å². The Morgan fingerprint density at radius 2 is 1.61 bits per heavy atom. The smallest absolute Gasteiger partial charge is 0.319 e. The summed E-state index contributed by atoms with van der Waals surface area (Å²) < 4.78 is 0. The van der Waals surface area contributed by atoms with Gasteiger partial charge in [0.05, 0.1) is 0 Å². The molecule has 6 heteroatoms. The van der Waals surface area contributed by atoms with Crippen LogP contribution in [-0.4, -0.2) is 65.4 Å². The molecule has 0 aliphatic heterocycles. The molecule has 0 radical (unpaired) electrons. The minimum atomic E-state index is -0.133. The summed E-state index contributed by atoms with van der Waals surface area (Å²) in [5.41, 5.74) is 3.37.